The summed E-state index contributed by atoms with van der Waals surface area (Å²) in [6.07, 6.45) is 3.23. The van der Waals surface area contributed by atoms with Gasteiger partial charge in [-0.25, -0.2) is 0 Å². The van der Waals surface area contributed by atoms with Crippen molar-refractivity contribution in [3.05, 3.63) is 51.7 Å². The largest absolute Gasteiger partial charge is 0.497 e. The van der Waals surface area contributed by atoms with E-state index in [0.717, 1.165) is 50.3 Å². The van der Waals surface area contributed by atoms with E-state index in [9.17, 15) is 4.79 Å². The second-order valence-corrected chi connectivity index (χ2v) is 7.69. The Bertz CT molecular complexity index is 762. The summed E-state index contributed by atoms with van der Waals surface area (Å²) in [6.45, 7) is 2.32. The van der Waals surface area contributed by atoms with Gasteiger partial charge in [0.1, 0.15) is 11.4 Å². The van der Waals surface area contributed by atoms with E-state index in [-0.39, 0.29) is 11.5 Å². The SMILES string of the molecule is COc1cccc(CC(=O)N2CCC3(CC2)OCCc2ccsc23)c1. The van der Waals surface area contributed by atoms with Crippen molar-refractivity contribution in [1.29, 1.82) is 0 Å². The molecule has 0 unspecified atom stereocenters. The summed E-state index contributed by atoms with van der Waals surface area (Å²) in [6, 6.07) is 9.97. The predicted octanol–water partition coefficient (Wildman–Crippen LogP) is 3.39. The van der Waals surface area contributed by atoms with Gasteiger partial charge in [-0.1, -0.05) is 12.1 Å². The van der Waals surface area contributed by atoms with Gasteiger partial charge in [-0.2, -0.15) is 0 Å². The van der Waals surface area contributed by atoms with Crippen LogP contribution < -0.4 is 4.74 Å². The van der Waals surface area contributed by atoms with Crippen LogP contribution in [0.5, 0.6) is 5.75 Å². The molecule has 0 N–H and O–H groups in total. The first-order valence-electron chi connectivity index (χ1n) is 8.82. The normalized spacial score (nSPS) is 18.8. The number of carbonyl (C=O) groups is 1. The number of benzene rings is 1. The van der Waals surface area contributed by atoms with E-state index in [1.54, 1.807) is 18.4 Å². The van der Waals surface area contributed by atoms with Crippen molar-refractivity contribution in [2.75, 3.05) is 26.8 Å². The second kappa shape index (κ2) is 6.81. The van der Waals surface area contributed by atoms with E-state index in [4.69, 9.17) is 9.47 Å². The van der Waals surface area contributed by atoms with Crippen molar-refractivity contribution in [2.24, 2.45) is 0 Å². The summed E-state index contributed by atoms with van der Waals surface area (Å²) in [7, 11) is 1.65. The minimum Gasteiger partial charge on any atom is -0.497 e. The molecule has 0 aliphatic carbocycles. The van der Waals surface area contributed by atoms with Crippen LogP contribution in [-0.4, -0.2) is 37.6 Å². The van der Waals surface area contributed by atoms with Gasteiger partial charge in [-0.15, -0.1) is 11.3 Å². The number of hydrogen-bond acceptors (Lipinski definition) is 4. The van der Waals surface area contributed by atoms with Crippen LogP contribution in [0.4, 0.5) is 0 Å². The third-order valence-corrected chi connectivity index (χ3v) is 6.47. The zero-order valence-electron chi connectivity index (χ0n) is 14.5. The fourth-order valence-electron chi connectivity index (χ4n) is 3.91. The molecule has 2 aliphatic rings. The number of methoxy groups -OCH3 is 1. The molecule has 1 fully saturated rings. The zero-order chi connectivity index (χ0) is 17.3. The lowest BCUT2D eigenvalue weighted by atomic mass is 9.85. The Kier molecular flexibility index (Phi) is 4.52. The monoisotopic (exact) mass is 357 g/mol. The van der Waals surface area contributed by atoms with Crippen LogP contribution >= 0.6 is 11.3 Å². The lowest BCUT2D eigenvalue weighted by Crippen LogP contribution is -2.48. The van der Waals surface area contributed by atoms with Gasteiger partial charge in [0, 0.05) is 18.0 Å². The molecule has 1 aromatic carbocycles. The number of piperidine rings is 1. The van der Waals surface area contributed by atoms with Crippen molar-refractivity contribution in [2.45, 2.75) is 31.3 Å². The highest BCUT2D eigenvalue weighted by Crippen LogP contribution is 2.44. The maximum Gasteiger partial charge on any atom is 0.226 e. The second-order valence-electron chi connectivity index (χ2n) is 6.78. The Morgan fingerprint density at radius 1 is 1.32 bits per heavy atom. The summed E-state index contributed by atoms with van der Waals surface area (Å²) >= 11 is 1.80. The number of likely N-dealkylation sites (tertiary alicyclic amines) is 1. The van der Waals surface area contributed by atoms with E-state index < -0.39 is 0 Å². The number of nitrogens with zero attached hydrogens (tertiary/aromatic N) is 1. The quantitative estimate of drug-likeness (QED) is 0.845. The van der Waals surface area contributed by atoms with Crippen LogP contribution in [0.1, 0.15) is 28.8 Å². The van der Waals surface area contributed by atoms with Crippen LogP contribution in [0.15, 0.2) is 35.7 Å². The molecule has 0 radical (unpaired) electrons. The number of amides is 1. The molecular formula is C20H23NO3S. The third kappa shape index (κ3) is 3.18. The van der Waals surface area contributed by atoms with Crippen molar-refractivity contribution in [3.63, 3.8) is 0 Å². The molecule has 4 rings (SSSR count). The van der Waals surface area contributed by atoms with Gasteiger partial charge in [-0.3, -0.25) is 4.79 Å². The van der Waals surface area contributed by atoms with Crippen LogP contribution in [0, 0.1) is 0 Å². The predicted molar refractivity (Wildman–Crippen MR) is 98.2 cm³/mol. The van der Waals surface area contributed by atoms with Crippen molar-refractivity contribution >= 4 is 17.2 Å². The van der Waals surface area contributed by atoms with Gasteiger partial charge in [-0.05, 0) is 54.0 Å². The van der Waals surface area contributed by atoms with E-state index >= 15 is 0 Å². The lowest BCUT2D eigenvalue weighted by Gasteiger charge is -2.43. The Morgan fingerprint density at radius 2 is 2.16 bits per heavy atom. The van der Waals surface area contributed by atoms with Gasteiger partial charge < -0.3 is 14.4 Å². The first-order chi connectivity index (χ1) is 12.2. The maximum absolute atomic E-state index is 12.7. The standard InChI is InChI=1S/C20H23NO3S/c1-23-17-4-2-3-15(13-17)14-18(22)21-9-7-20(8-10-21)19-16(5-11-24-20)6-12-25-19/h2-4,6,12-13H,5,7-11,14H2,1H3. The molecule has 1 amide bonds. The van der Waals surface area contributed by atoms with Crippen LogP contribution in [0.3, 0.4) is 0 Å². The maximum atomic E-state index is 12.7. The van der Waals surface area contributed by atoms with E-state index in [0.29, 0.717) is 6.42 Å². The highest BCUT2D eigenvalue weighted by atomic mass is 32.1. The number of rotatable bonds is 3. The molecule has 0 bridgehead atoms. The highest BCUT2D eigenvalue weighted by Gasteiger charge is 2.42. The smallest absolute Gasteiger partial charge is 0.226 e. The van der Waals surface area contributed by atoms with Crippen molar-refractivity contribution in [1.82, 2.24) is 4.90 Å². The summed E-state index contributed by atoms with van der Waals surface area (Å²) in [5, 5.41) is 2.17. The van der Waals surface area contributed by atoms with E-state index in [1.807, 2.05) is 29.2 Å². The van der Waals surface area contributed by atoms with Gasteiger partial charge in [0.15, 0.2) is 0 Å². The summed E-state index contributed by atoms with van der Waals surface area (Å²) in [5.74, 6) is 0.981. The summed E-state index contributed by atoms with van der Waals surface area (Å²) in [4.78, 5) is 16.1. The third-order valence-electron chi connectivity index (χ3n) is 5.32. The molecule has 1 aromatic heterocycles. The Morgan fingerprint density at radius 3 is 2.96 bits per heavy atom. The molecule has 2 aromatic rings. The zero-order valence-corrected chi connectivity index (χ0v) is 15.3. The molecule has 0 atom stereocenters. The van der Waals surface area contributed by atoms with Crippen molar-refractivity contribution < 1.29 is 14.3 Å². The molecule has 132 valence electrons. The fraction of sp³-hybridized carbons (Fsp3) is 0.450. The number of hydrogen-bond donors (Lipinski definition) is 0. The molecule has 25 heavy (non-hydrogen) atoms. The topological polar surface area (TPSA) is 38.8 Å². The number of fused-ring (bicyclic) bond motifs is 2. The first kappa shape index (κ1) is 16.6. The molecule has 3 heterocycles. The van der Waals surface area contributed by atoms with Crippen molar-refractivity contribution in [3.8, 4) is 5.75 Å². The molecule has 1 spiro atoms. The van der Waals surface area contributed by atoms with Gasteiger partial charge in [0.2, 0.25) is 5.91 Å². The molecule has 4 nitrogen and oxygen atoms in total. The molecule has 5 heteroatoms. The Hall–Kier alpha value is -1.85. The van der Waals surface area contributed by atoms with E-state index in [2.05, 4.69) is 11.4 Å². The van der Waals surface area contributed by atoms with Gasteiger partial charge >= 0.3 is 0 Å². The van der Waals surface area contributed by atoms with Gasteiger partial charge in [0.05, 0.1) is 20.1 Å². The van der Waals surface area contributed by atoms with Crippen LogP contribution in [0.2, 0.25) is 0 Å². The number of ether oxygens (including phenoxy) is 2. The number of carbonyl (C=O) groups excluding carboxylic acids is 1. The summed E-state index contributed by atoms with van der Waals surface area (Å²) < 4.78 is 11.5. The van der Waals surface area contributed by atoms with E-state index in [1.165, 1.54) is 10.4 Å². The molecule has 1 saturated heterocycles. The fourth-order valence-corrected chi connectivity index (χ4v) is 5.08. The Labute approximate surface area is 152 Å². The minimum atomic E-state index is -0.158. The number of thiophene rings is 1. The van der Waals surface area contributed by atoms with Crippen LogP contribution in [-0.2, 0) is 28.0 Å². The average molecular weight is 357 g/mol. The molecular weight excluding hydrogens is 334 g/mol. The Balaban J connectivity index is 1.41. The molecule has 0 saturated carbocycles. The van der Waals surface area contributed by atoms with Crippen LogP contribution in [0.25, 0.3) is 0 Å². The average Bonchev–Trinajstić information content (AvgIpc) is 3.13. The minimum absolute atomic E-state index is 0.158. The van der Waals surface area contributed by atoms with Gasteiger partial charge in [0.25, 0.3) is 0 Å². The lowest BCUT2D eigenvalue weighted by molar-refractivity contribution is -0.139. The first-order valence-corrected chi connectivity index (χ1v) is 9.70. The summed E-state index contributed by atoms with van der Waals surface area (Å²) in [5.41, 5.74) is 2.28. The highest BCUT2D eigenvalue weighted by molar-refractivity contribution is 7.10. The molecule has 2 aliphatic heterocycles.